The first-order valence-electron chi connectivity index (χ1n) is 7.74. The van der Waals surface area contributed by atoms with Crippen molar-refractivity contribution >= 4 is 14.3 Å². The molecular formula is C18H30O3Si. The molecule has 0 amide bonds. The second-order valence-corrected chi connectivity index (χ2v) is 12.6. The van der Waals surface area contributed by atoms with Crippen LogP contribution in [-0.2, 0) is 14.0 Å². The fourth-order valence-electron chi connectivity index (χ4n) is 2.10. The summed E-state index contributed by atoms with van der Waals surface area (Å²) in [5, 5.41) is 0.0756. The van der Waals surface area contributed by atoms with Crippen LogP contribution < -0.4 is 0 Å². The summed E-state index contributed by atoms with van der Waals surface area (Å²) in [5.41, 5.74) is 0.272. The van der Waals surface area contributed by atoms with E-state index in [9.17, 15) is 4.79 Å². The minimum absolute atomic E-state index is 0.0756. The van der Waals surface area contributed by atoms with Crippen LogP contribution in [0.1, 0.15) is 46.3 Å². The van der Waals surface area contributed by atoms with Crippen molar-refractivity contribution in [2.24, 2.45) is 5.41 Å². The fraction of sp³-hybridized carbons (Fsp3) is 0.611. The average Bonchev–Trinajstić information content (AvgIpc) is 2.43. The minimum atomic E-state index is -2.03. The highest BCUT2D eigenvalue weighted by Crippen LogP contribution is 2.45. The molecule has 4 heteroatoms. The van der Waals surface area contributed by atoms with Gasteiger partial charge < -0.3 is 9.16 Å². The number of ether oxygens (including phenoxy) is 1. The van der Waals surface area contributed by atoms with E-state index in [1.54, 1.807) is 0 Å². The molecule has 0 fully saturated rings. The van der Waals surface area contributed by atoms with Crippen LogP contribution in [0.3, 0.4) is 0 Å². The normalized spacial score (nSPS) is 14.5. The van der Waals surface area contributed by atoms with Crippen LogP contribution in [0.2, 0.25) is 18.1 Å². The van der Waals surface area contributed by atoms with E-state index in [1.807, 2.05) is 44.2 Å². The summed E-state index contributed by atoms with van der Waals surface area (Å²) in [4.78, 5) is 12.3. The Bertz CT molecular complexity index is 501. The summed E-state index contributed by atoms with van der Waals surface area (Å²) in [6, 6.07) is 9.96. The molecule has 0 N–H and O–H groups in total. The van der Waals surface area contributed by atoms with Gasteiger partial charge in [-0.2, -0.15) is 0 Å². The van der Waals surface area contributed by atoms with E-state index in [-0.39, 0.29) is 17.1 Å². The molecule has 0 aliphatic rings. The maximum Gasteiger partial charge on any atom is 0.314 e. The van der Waals surface area contributed by atoms with E-state index in [0.29, 0.717) is 0 Å². The highest BCUT2D eigenvalue weighted by Gasteiger charge is 2.46. The van der Waals surface area contributed by atoms with Crippen LogP contribution in [0.5, 0.6) is 0 Å². The summed E-state index contributed by atoms with van der Waals surface area (Å²) in [7, 11) is -0.598. The SMILES string of the molecule is COC(=O)C(C)(C)C(O[Si](C)(C)C(C)(C)C)c1ccccc1. The Morgan fingerprint density at radius 3 is 1.95 bits per heavy atom. The summed E-state index contributed by atoms with van der Waals surface area (Å²) < 4.78 is 11.6. The van der Waals surface area contributed by atoms with Gasteiger partial charge in [-0.15, -0.1) is 0 Å². The highest BCUT2D eigenvalue weighted by atomic mass is 28.4. The Labute approximate surface area is 136 Å². The number of carbonyl (C=O) groups excluding carboxylic acids is 1. The predicted molar refractivity (Wildman–Crippen MR) is 93.3 cm³/mol. The van der Waals surface area contributed by atoms with Gasteiger partial charge in [0.25, 0.3) is 0 Å². The van der Waals surface area contributed by atoms with E-state index >= 15 is 0 Å². The molecule has 0 spiro atoms. The van der Waals surface area contributed by atoms with Gasteiger partial charge in [-0.25, -0.2) is 0 Å². The first-order chi connectivity index (χ1) is 9.93. The topological polar surface area (TPSA) is 35.5 Å². The van der Waals surface area contributed by atoms with E-state index in [1.165, 1.54) is 7.11 Å². The predicted octanol–water partition coefficient (Wildman–Crippen LogP) is 4.95. The molecule has 124 valence electrons. The maximum absolute atomic E-state index is 12.3. The van der Waals surface area contributed by atoms with Crippen molar-refractivity contribution in [2.75, 3.05) is 7.11 Å². The molecule has 0 bridgehead atoms. The Hall–Kier alpha value is -1.13. The van der Waals surface area contributed by atoms with E-state index < -0.39 is 13.7 Å². The summed E-state index contributed by atoms with van der Waals surface area (Å²) in [5.74, 6) is -0.250. The van der Waals surface area contributed by atoms with Gasteiger partial charge in [-0.3, -0.25) is 4.79 Å². The molecule has 1 unspecified atom stereocenters. The monoisotopic (exact) mass is 322 g/mol. The van der Waals surface area contributed by atoms with Crippen LogP contribution >= 0.6 is 0 Å². The lowest BCUT2D eigenvalue weighted by Gasteiger charge is -2.43. The van der Waals surface area contributed by atoms with E-state index in [0.717, 1.165) is 5.56 Å². The molecular weight excluding hydrogens is 292 g/mol. The molecule has 0 aliphatic carbocycles. The third-order valence-corrected chi connectivity index (χ3v) is 9.13. The third kappa shape index (κ3) is 3.99. The van der Waals surface area contributed by atoms with Gasteiger partial charge >= 0.3 is 5.97 Å². The van der Waals surface area contributed by atoms with Crippen LogP contribution in [0.4, 0.5) is 0 Å². The second-order valence-electron chi connectivity index (χ2n) is 7.88. The largest absolute Gasteiger partial charge is 0.469 e. The van der Waals surface area contributed by atoms with Gasteiger partial charge in [0.15, 0.2) is 8.32 Å². The molecule has 3 nitrogen and oxygen atoms in total. The number of methoxy groups -OCH3 is 1. The van der Waals surface area contributed by atoms with Gasteiger partial charge in [-0.1, -0.05) is 51.1 Å². The maximum atomic E-state index is 12.3. The van der Waals surface area contributed by atoms with Gasteiger partial charge in [0.05, 0.1) is 18.6 Å². The Morgan fingerprint density at radius 1 is 1.05 bits per heavy atom. The number of carbonyl (C=O) groups is 1. The molecule has 0 radical (unpaired) electrons. The zero-order chi connectivity index (χ0) is 17.2. The van der Waals surface area contributed by atoms with Gasteiger partial charge in [0, 0.05) is 0 Å². The lowest BCUT2D eigenvalue weighted by molar-refractivity contribution is -0.157. The van der Waals surface area contributed by atoms with Crippen molar-refractivity contribution in [3.8, 4) is 0 Å². The highest BCUT2D eigenvalue weighted by molar-refractivity contribution is 6.74. The zero-order valence-electron chi connectivity index (χ0n) is 15.2. The molecule has 0 saturated carbocycles. The standard InChI is InChI=1S/C18H30O3Si/c1-17(2,3)22(7,8)21-15(14-12-10-9-11-13-14)18(4,5)16(19)20-6/h9-13,15H,1-8H3. The van der Waals surface area contributed by atoms with Crippen LogP contribution in [0, 0.1) is 5.41 Å². The lowest BCUT2D eigenvalue weighted by Crippen LogP contribution is -2.46. The first-order valence-corrected chi connectivity index (χ1v) is 10.7. The quantitative estimate of drug-likeness (QED) is 0.568. The van der Waals surface area contributed by atoms with Crippen molar-refractivity contribution in [3.63, 3.8) is 0 Å². The molecule has 0 heterocycles. The van der Waals surface area contributed by atoms with E-state index in [4.69, 9.17) is 9.16 Å². The lowest BCUT2D eigenvalue weighted by atomic mass is 9.83. The number of esters is 1. The molecule has 0 aromatic heterocycles. The summed E-state index contributed by atoms with van der Waals surface area (Å²) in [6.45, 7) is 14.8. The smallest absolute Gasteiger partial charge is 0.314 e. The molecule has 1 aromatic rings. The van der Waals surface area contributed by atoms with Gasteiger partial charge in [-0.05, 0) is 37.5 Å². The second kappa shape index (κ2) is 6.55. The Balaban J connectivity index is 3.28. The molecule has 1 atom stereocenters. The van der Waals surface area contributed by atoms with E-state index in [2.05, 4.69) is 33.9 Å². The molecule has 0 aliphatic heterocycles. The number of rotatable bonds is 5. The van der Waals surface area contributed by atoms with Crippen LogP contribution in [0.15, 0.2) is 30.3 Å². The number of benzene rings is 1. The van der Waals surface area contributed by atoms with Crippen molar-refractivity contribution in [3.05, 3.63) is 35.9 Å². The molecule has 0 saturated heterocycles. The van der Waals surface area contributed by atoms with Crippen molar-refractivity contribution in [1.82, 2.24) is 0 Å². The van der Waals surface area contributed by atoms with Crippen LogP contribution in [0.25, 0.3) is 0 Å². The van der Waals surface area contributed by atoms with Gasteiger partial charge in [0.2, 0.25) is 0 Å². The zero-order valence-corrected chi connectivity index (χ0v) is 16.2. The molecule has 1 aromatic carbocycles. The van der Waals surface area contributed by atoms with Crippen molar-refractivity contribution in [2.45, 2.75) is 58.9 Å². The van der Waals surface area contributed by atoms with Crippen molar-refractivity contribution < 1.29 is 14.0 Å². The number of hydrogen-bond donors (Lipinski definition) is 0. The van der Waals surface area contributed by atoms with Gasteiger partial charge in [0.1, 0.15) is 0 Å². The van der Waals surface area contributed by atoms with Crippen molar-refractivity contribution in [1.29, 1.82) is 0 Å². The first kappa shape index (κ1) is 18.9. The molecule has 22 heavy (non-hydrogen) atoms. The fourth-order valence-corrected chi connectivity index (χ4v) is 3.47. The summed E-state index contributed by atoms with van der Waals surface area (Å²) in [6.07, 6.45) is -0.318. The number of hydrogen-bond acceptors (Lipinski definition) is 3. The minimum Gasteiger partial charge on any atom is -0.469 e. The Morgan fingerprint density at radius 2 is 1.55 bits per heavy atom. The van der Waals surface area contributed by atoms with Crippen LogP contribution in [-0.4, -0.2) is 21.4 Å². The molecule has 1 rings (SSSR count). The summed E-state index contributed by atoms with van der Waals surface area (Å²) >= 11 is 0. The average molecular weight is 323 g/mol. The Kier molecular flexibility index (Phi) is 5.63. The third-order valence-electron chi connectivity index (χ3n) is 4.69.